The van der Waals surface area contributed by atoms with Gasteiger partial charge in [-0.2, -0.15) is 0 Å². The zero-order valence-electron chi connectivity index (χ0n) is 9.09. The first-order valence-electron chi connectivity index (χ1n) is 5.22. The molecule has 0 aromatic carbocycles. The third-order valence-electron chi connectivity index (χ3n) is 2.51. The fourth-order valence-electron chi connectivity index (χ4n) is 1.46. The van der Waals surface area contributed by atoms with Crippen LogP contribution in [-0.4, -0.2) is 87.3 Å². The Morgan fingerprint density at radius 1 is 1.06 bits per heavy atom. The number of hydrogen-bond donors (Lipinski definition) is 6. The van der Waals surface area contributed by atoms with E-state index in [1.807, 2.05) is 0 Å². The molecule has 3 unspecified atom stereocenters. The van der Waals surface area contributed by atoms with Crippen molar-refractivity contribution in [2.45, 2.75) is 36.8 Å². The molecule has 1 fully saturated rings. The molecule has 8 nitrogen and oxygen atoms in total. The number of aliphatic hydroxyl groups excluding tert-OH is 6. The molecule has 0 radical (unpaired) electrons. The molecule has 0 aromatic heterocycles. The fraction of sp³-hybridized carbons (Fsp3) is 1.00. The summed E-state index contributed by atoms with van der Waals surface area (Å²) >= 11 is 0. The van der Waals surface area contributed by atoms with Gasteiger partial charge in [-0.25, -0.2) is 0 Å². The highest BCUT2D eigenvalue weighted by Gasteiger charge is 2.44. The number of hydrogen-bond acceptors (Lipinski definition) is 8. The van der Waals surface area contributed by atoms with Gasteiger partial charge in [-0.1, -0.05) is 0 Å². The quantitative estimate of drug-likeness (QED) is 0.293. The molecule has 6 N–H and O–H groups in total. The summed E-state index contributed by atoms with van der Waals surface area (Å²) in [5, 5.41) is 54.9. The Morgan fingerprint density at radius 3 is 2.24 bits per heavy atom. The monoisotopic (exact) mass is 254 g/mol. The van der Waals surface area contributed by atoms with Crippen molar-refractivity contribution < 1.29 is 40.1 Å². The van der Waals surface area contributed by atoms with E-state index < -0.39 is 50.0 Å². The summed E-state index contributed by atoms with van der Waals surface area (Å²) in [6.07, 6.45) is -7.94. The van der Waals surface area contributed by atoms with Gasteiger partial charge in [0.05, 0.1) is 19.8 Å². The average molecular weight is 254 g/mol. The van der Waals surface area contributed by atoms with Crippen LogP contribution in [0.2, 0.25) is 0 Å². The van der Waals surface area contributed by atoms with Crippen molar-refractivity contribution >= 4 is 0 Å². The minimum Gasteiger partial charge on any atom is -0.394 e. The highest BCUT2D eigenvalue weighted by atomic mass is 16.7. The van der Waals surface area contributed by atoms with Crippen molar-refractivity contribution in [2.24, 2.45) is 0 Å². The minimum absolute atomic E-state index is 0.306. The molecule has 0 amide bonds. The van der Waals surface area contributed by atoms with Gasteiger partial charge in [0.2, 0.25) is 0 Å². The van der Waals surface area contributed by atoms with Crippen LogP contribution in [0.5, 0.6) is 0 Å². The second-order valence-electron chi connectivity index (χ2n) is 3.87. The zero-order chi connectivity index (χ0) is 13.0. The first-order chi connectivity index (χ1) is 8.01. The maximum Gasteiger partial charge on any atom is 0.186 e. The molecule has 1 aliphatic heterocycles. The summed E-state index contributed by atoms with van der Waals surface area (Å²) in [5.74, 6) is 0. The lowest BCUT2D eigenvalue weighted by Gasteiger charge is -2.39. The van der Waals surface area contributed by atoms with Crippen LogP contribution in [0.15, 0.2) is 0 Å². The Bertz CT molecular complexity index is 223. The van der Waals surface area contributed by atoms with Gasteiger partial charge in [-0.15, -0.1) is 0 Å². The van der Waals surface area contributed by atoms with E-state index in [2.05, 4.69) is 0 Å². The SMILES string of the molecule is OCC(O)CO[C@H]1OC(CO)[C@@H](O)[C@H](O)C1O. The first kappa shape index (κ1) is 14.7. The predicted octanol–water partition coefficient (Wildman–Crippen LogP) is -3.84. The molecule has 102 valence electrons. The van der Waals surface area contributed by atoms with Gasteiger partial charge in [0.15, 0.2) is 6.29 Å². The zero-order valence-corrected chi connectivity index (χ0v) is 9.09. The van der Waals surface area contributed by atoms with Crippen LogP contribution in [0.1, 0.15) is 0 Å². The van der Waals surface area contributed by atoms with E-state index in [0.717, 1.165) is 0 Å². The Hall–Kier alpha value is -0.320. The number of rotatable bonds is 5. The lowest BCUT2D eigenvalue weighted by atomic mass is 9.99. The highest BCUT2D eigenvalue weighted by Crippen LogP contribution is 2.21. The third kappa shape index (κ3) is 3.57. The Morgan fingerprint density at radius 2 is 1.71 bits per heavy atom. The topological polar surface area (TPSA) is 140 Å². The van der Waals surface area contributed by atoms with E-state index in [1.165, 1.54) is 0 Å². The van der Waals surface area contributed by atoms with Crippen molar-refractivity contribution in [2.75, 3.05) is 19.8 Å². The van der Waals surface area contributed by atoms with Crippen LogP contribution in [0, 0.1) is 0 Å². The van der Waals surface area contributed by atoms with Gasteiger partial charge < -0.3 is 40.1 Å². The molecule has 17 heavy (non-hydrogen) atoms. The van der Waals surface area contributed by atoms with Gasteiger partial charge in [-0.3, -0.25) is 0 Å². The smallest absolute Gasteiger partial charge is 0.186 e. The second kappa shape index (κ2) is 6.57. The van der Waals surface area contributed by atoms with Crippen molar-refractivity contribution in [3.05, 3.63) is 0 Å². The van der Waals surface area contributed by atoms with Crippen LogP contribution >= 0.6 is 0 Å². The molecule has 1 saturated heterocycles. The van der Waals surface area contributed by atoms with Crippen LogP contribution in [0.4, 0.5) is 0 Å². The summed E-state index contributed by atoms with van der Waals surface area (Å²) in [4.78, 5) is 0. The summed E-state index contributed by atoms with van der Waals surface area (Å²) in [7, 11) is 0. The fourth-order valence-corrected chi connectivity index (χ4v) is 1.46. The molecule has 1 rings (SSSR count). The Kier molecular flexibility index (Phi) is 5.70. The van der Waals surface area contributed by atoms with Gasteiger partial charge in [0.25, 0.3) is 0 Å². The number of aliphatic hydroxyl groups is 6. The summed E-state index contributed by atoms with van der Waals surface area (Å²) < 4.78 is 9.93. The van der Waals surface area contributed by atoms with E-state index in [0.29, 0.717) is 0 Å². The van der Waals surface area contributed by atoms with E-state index in [1.54, 1.807) is 0 Å². The van der Waals surface area contributed by atoms with Crippen LogP contribution in [-0.2, 0) is 9.47 Å². The maximum atomic E-state index is 9.52. The van der Waals surface area contributed by atoms with Crippen molar-refractivity contribution in [3.8, 4) is 0 Å². The normalized spacial score (nSPS) is 40.2. The molecule has 0 spiro atoms. The summed E-state index contributed by atoms with van der Waals surface area (Å²) in [6, 6.07) is 0. The third-order valence-corrected chi connectivity index (χ3v) is 2.51. The summed E-state index contributed by atoms with van der Waals surface area (Å²) in [5.41, 5.74) is 0. The second-order valence-corrected chi connectivity index (χ2v) is 3.87. The standard InChI is InChI=1S/C9H18O8/c10-1-4(12)3-16-9-8(15)7(14)6(13)5(2-11)17-9/h4-15H,1-3H2/t4?,5?,6-,7+,8?,9+/m1/s1. The van der Waals surface area contributed by atoms with E-state index in [9.17, 15) is 15.3 Å². The molecule has 6 atom stereocenters. The van der Waals surface area contributed by atoms with Gasteiger partial charge in [0, 0.05) is 0 Å². The van der Waals surface area contributed by atoms with Crippen molar-refractivity contribution in [1.29, 1.82) is 0 Å². The van der Waals surface area contributed by atoms with Gasteiger partial charge in [-0.05, 0) is 0 Å². The largest absolute Gasteiger partial charge is 0.394 e. The van der Waals surface area contributed by atoms with Crippen LogP contribution in [0.3, 0.4) is 0 Å². The lowest BCUT2D eigenvalue weighted by molar-refractivity contribution is -0.304. The molecular weight excluding hydrogens is 236 g/mol. The molecular formula is C9H18O8. The van der Waals surface area contributed by atoms with Crippen LogP contribution < -0.4 is 0 Å². The lowest BCUT2D eigenvalue weighted by Crippen LogP contribution is -2.59. The maximum absolute atomic E-state index is 9.52. The molecule has 8 heteroatoms. The van der Waals surface area contributed by atoms with Crippen LogP contribution in [0.25, 0.3) is 0 Å². The van der Waals surface area contributed by atoms with Gasteiger partial charge in [0.1, 0.15) is 30.5 Å². The minimum atomic E-state index is -1.52. The molecule has 1 heterocycles. The van der Waals surface area contributed by atoms with Crippen molar-refractivity contribution in [3.63, 3.8) is 0 Å². The predicted molar refractivity (Wildman–Crippen MR) is 52.8 cm³/mol. The molecule has 0 bridgehead atoms. The molecule has 0 aromatic rings. The molecule has 1 aliphatic rings. The highest BCUT2D eigenvalue weighted by molar-refractivity contribution is 4.88. The van der Waals surface area contributed by atoms with E-state index in [4.69, 9.17) is 24.8 Å². The van der Waals surface area contributed by atoms with E-state index in [-0.39, 0.29) is 6.61 Å². The van der Waals surface area contributed by atoms with E-state index >= 15 is 0 Å². The molecule has 0 aliphatic carbocycles. The number of ether oxygens (including phenoxy) is 2. The van der Waals surface area contributed by atoms with Crippen molar-refractivity contribution in [1.82, 2.24) is 0 Å². The molecule has 0 saturated carbocycles. The Balaban J connectivity index is 2.53. The van der Waals surface area contributed by atoms with Gasteiger partial charge >= 0.3 is 0 Å². The average Bonchev–Trinajstić information content (AvgIpc) is 2.34. The summed E-state index contributed by atoms with van der Waals surface area (Å²) in [6.45, 7) is -1.37. The Labute approximate surface area is 97.6 Å². The first-order valence-corrected chi connectivity index (χ1v) is 5.22.